The summed E-state index contributed by atoms with van der Waals surface area (Å²) in [5.74, 6) is 1.41. The lowest BCUT2D eigenvalue weighted by molar-refractivity contribution is -0.125. The minimum absolute atomic E-state index is 0.0967. The number of piperidine rings is 1. The van der Waals surface area contributed by atoms with Gasteiger partial charge < -0.3 is 14.8 Å². The normalized spacial score (nSPS) is 20.2. The van der Waals surface area contributed by atoms with Gasteiger partial charge in [-0.15, -0.1) is 0 Å². The van der Waals surface area contributed by atoms with Crippen LogP contribution in [0.25, 0.3) is 0 Å². The highest BCUT2D eigenvalue weighted by atomic mass is 16.5. The van der Waals surface area contributed by atoms with Crippen LogP contribution in [0, 0.1) is 5.92 Å². The Morgan fingerprint density at radius 2 is 2.04 bits per heavy atom. The molecule has 1 amide bonds. The molecule has 1 aliphatic heterocycles. The molecule has 0 atom stereocenters. The molecule has 1 aromatic carbocycles. The molecule has 2 aliphatic rings. The van der Waals surface area contributed by atoms with Crippen LogP contribution in [0.15, 0.2) is 24.3 Å². The molecule has 1 saturated heterocycles. The third-order valence-electron chi connectivity index (χ3n) is 5.47. The van der Waals surface area contributed by atoms with E-state index in [1.165, 1.54) is 5.56 Å². The third kappa shape index (κ3) is 4.95. The zero-order valence-electron chi connectivity index (χ0n) is 15.4. The largest absolute Gasteiger partial charge is 0.497 e. The lowest BCUT2D eigenvalue weighted by atomic mass is 9.84. The molecule has 0 spiro atoms. The molecule has 5 nitrogen and oxygen atoms in total. The molecule has 25 heavy (non-hydrogen) atoms. The molecule has 0 radical (unpaired) electrons. The third-order valence-corrected chi connectivity index (χ3v) is 5.47. The molecule has 1 aromatic rings. The number of ether oxygens (including phenoxy) is 2. The van der Waals surface area contributed by atoms with Crippen LogP contribution < -0.4 is 10.1 Å². The van der Waals surface area contributed by atoms with Gasteiger partial charge in [0, 0.05) is 44.8 Å². The van der Waals surface area contributed by atoms with E-state index in [-0.39, 0.29) is 17.4 Å². The van der Waals surface area contributed by atoms with E-state index in [4.69, 9.17) is 9.47 Å². The van der Waals surface area contributed by atoms with E-state index in [0.717, 1.165) is 57.5 Å². The highest BCUT2D eigenvalue weighted by molar-refractivity contribution is 5.81. The summed E-state index contributed by atoms with van der Waals surface area (Å²) in [5, 5.41) is 3.37. The van der Waals surface area contributed by atoms with Crippen LogP contribution in [0.4, 0.5) is 0 Å². The molecule has 3 rings (SSSR count). The van der Waals surface area contributed by atoms with Gasteiger partial charge >= 0.3 is 0 Å². The minimum atomic E-state index is -0.0967. The molecule has 2 fully saturated rings. The van der Waals surface area contributed by atoms with Gasteiger partial charge in [0.1, 0.15) is 5.75 Å². The zero-order valence-corrected chi connectivity index (χ0v) is 15.4. The SMILES string of the molecule is COCCC1(NC(=O)C2CC2)CCN(Cc2cccc(OC)c2)CC1. The summed E-state index contributed by atoms with van der Waals surface area (Å²) < 4.78 is 10.6. The number of benzene rings is 1. The van der Waals surface area contributed by atoms with E-state index in [0.29, 0.717) is 6.61 Å². The first kappa shape index (κ1) is 18.2. The molecule has 138 valence electrons. The summed E-state index contributed by atoms with van der Waals surface area (Å²) in [6.45, 7) is 3.60. The fraction of sp³-hybridized carbons (Fsp3) is 0.650. The number of methoxy groups -OCH3 is 2. The van der Waals surface area contributed by atoms with Crippen molar-refractivity contribution in [1.29, 1.82) is 0 Å². The van der Waals surface area contributed by atoms with Crippen molar-refractivity contribution in [2.24, 2.45) is 5.92 Å². The number of nitrogens with zero attached hydrogens (tertiary/aromatic N) is 1. The second-order valence-corrected chi connectivity index (χ2v) is 7.41. The summed E-state index contributed by atoms with van der Waals surface area (Å²) in [7, 11) is 3.43. The summed E-state index contributed by atoms with van der Waals surface area (Å²) >= 11 is 0. The van der Waals surface area contributed by atoms with Crippen molar-refractivity contribution in [2.45, 2.75) is 44.2 Å². The molecule has 1 heterocycles. The van der Waals surface area contributed by atoms with Gasteiger partial charge in [-0.2, -0.15) is 0 Å². The van der Waals surface area contributed by atoms with Crippen LogP contribution in [0.1, 0.15) is 37.7 Å². The topological polar surface area (TPSA) is 50.8 Å². The number of likely N-dealkylation sites (tertiary alicyclic amines) is 1. The fourth-order valence-electron chi connectivity index (χ4n) is 3.61. The first-order valence-electron chi connectivity index (χ1n) is 9.30. The van der Waals surface area contributed by atoms with Crippen molar-refractivity contribution >= 4 is 5.91 Å². The molecule has 0 aromatic heterocycles. The Morgan fingerprint density at radius 3 is 2.68 bits per heavy atom. The number of amides is 1. The van der Waals surface area contributed by atoms with Gasteiger partial charge in [0.05, 0.1) is 7.11 Å². The second-order valence-electron chi connectivity index (χ2n) is 7.41. The summed E-state index contributed by atoms with van der Waals surface area (Å²) in [4.78, 5) is 14.8. The Bertz CT molecular complexity index is 578. The van der Waals surface area contributed by atoms with Gasteiger partial charge in [-0.3, -0.25) is 9.69 Å². The first-order valence-corrected chi connectivity index (χ1v) is 9.30. The van der Waals surface area contributed by atoms with E-state index in [1.54, 1.807) is 14.2 Å². The number of rotatable bonds is 8. The van der Waals surface area contributed by atoms with Crippen molar-refractivity contribution in [2.75, 3.05) is 33.9 Å². The van der Waals surface area contributed by atoms with E-state index < -0.39 is 0 Å². The van der Waals surface area contributed by atoms with E-state index in [2.05, 4.69) is 22.3 Å². The Balaban J connectivity index is 1.57. The molecule has 5 heteroatoms. The molecule has 1 N–H and O–H groups in total. The number of nitrogens with one attached hydrogen (secondary N) is 1. The number of carbonyl (C=O) groups excluding carboxylic acids is 1. The van der Waals surface area contributed by atoms with E-state index in [9.17, 15) is 4.79 Å². The predicted octanol–water partition coefficient (Wildman–Crippen LogP) is 2.59. The zero-order chi connectivity index (χ0) is 17.7. The Labute approximate surface area is 150 Å². The Kier molecular flexibility index (Phi) is 5.97. The second kappa shape index (κ2) is 8.19. The van der Waals surface area contributed by atoms with Crippen LogP contribution >= 0.6 is 0 Å². The Morgan fingerprint density at radius 1 is 1.28 bits per heavy atom. The quantitative estimate of drug-likeness (QED) is 0.786. The predicted molar refractivity (Wildman–Crippen MR) is 97.6 cm³/mol. The lowest BCUT2D eigenvalue weighted by Gasteiger charge is -2.42. The van der Waals surface area contributed by atoms with E-state index in [1.807, 2.05) is 12.1 Å². The van der Waals surface area contributed by atoms with Crippen LogP contribution in [-0.4, -0.2) is 50.3 Å². The highest BCUT2D eigenvalue weighted by Gasteiger charge is 2.39. The monoisotopic (exact) mass is 346 g/mol. The van der Waals surface area contributed by atoms with Crippen molar-refractivity contribution in [3.63, 3.8) is 0 Å². The van der Waals surface area contributed by atoms with Gasteiger partial charge in [0.2, 0.25) is 5.91 Å². The van der Waals surface area contributed by atoms with Gasteiger partial charge in [-0.05, 0) is 49.8 Å². The number of carbonyl (C=O) groups is 1. The summed E-state index contributed by atoms with van der Waals surface area (Å²) in [6, 6.07) is 8.26. The van der Waals surface area contributed by atoms with Gasteiger partial charge in [-0.1, -0.05) is 12.1 Å². The molecule has 1 aliphatic carbocycles. The molecule has 0 unspecified atom stereocenters. The average Bonchev–Trinajstić information content (AvgIpc) is 3.47. The van der Waals surface area contributed by atoms with Gasteiger partial charge in [0.15, 0.2) is 0 Å². The molecule has 0 bridgehead atoms. The lowest BCUT2D eigenvalue weighted by Crippen LogP contribution is -2.56. The van der Waals surface area contributed by atoms with Crippen LogP contribution in [0.5, 0.6) is 5.75 Å². The van der Waals surface area contributed by atoms with Crippen molar-refractivity contribution < 1.29 is 14.3 Å². The van der Waals surface area contributed by atoms with Gasteiger partial charge in [0.25, 0.3) is 0 Å². The Hall–Kier alpha value is -1.59. The van der Waals surface area contributed by atoms with Crippen LogP contribution in [0.3, 0.4) is 0 Å². The van der Waals surface area contributed by atoms with Gasteiger partial charge in [-0.25, -0.2) is 0 Å². The minimum Gasteiger partial charge on any atom is -0.497 e. The number of hydrogen-bond acceptors (Lipinski definition) is 4. The number of hydrogen-bond donors (Lipinski definition) is 1. The molecular formula is C20H30N2O3. The van der Waals surface area contributed by atoms with Crippen molar-refractivity contribution in [3.05, 3.63) is 29.8 Å². The van der Waals surface area contributed by atoms with E-state index >= 15 is 0 Å². The van der Waals surface area contributed by atoms with Crippen molar-refractivity contribution in [3.8, 4) is 5.75 Å². The molecule has 1 saturated carbocycles. The summed E-state index contributed by atoms with van der Waals surface area (Å²) in [5.41, 5.74) is 1.17. The highest BCUT2D eigenvalue weighted by Crippen LogP contribution is 2.33. The maximum absolute atomic E-state index is 12.3. The van der Waals surface area contributed by atoms with Crippen molar-refractivity contribution in [1.82, 2.24) is 10.2 Å². The maximum Gasteiger partial charge on any atom is 0.223 e. The fourth-order valence-corrected chi connectivity index (χ4v) is 3.61. The average molecular weight is 346 g/mol. The smallest absolute Gasteiger partial charge is 0.223 e. The summed E-state index contributed by atoms with van der Waals surface area (Å²) in [6.07, 6.45) is 4.97. The molecular weight excluding hydrogens is 316 g/mol. The van der Waals surface area contributed by atoms with Crippen LogP contribution in [-0.2, 0) is 16.1 Å². The van der Waals surface area contributed by atoms with Crippen LogP contribution in [0.2, 0.25) is 0 Å². The standard InChI is InChI=1S/C20H30N2O3/c1-24-13-10-20(21-19(23)17-6-7-17)8-11-22(12-9-20)15-16-4-3-5-18(14-16)25-2/h3-5,14,17H,6-13,15H2,1-2H3,(H,21,23). The maximum atomic E-state index is 12.3. The first-order chi connectivity index (χ1) is 12.1.